The molecule has 1 aromatic heterocycles. The summed E-state index contributed by atoms with van der Waals surface area (Å²) in [5, 5.41) is 1.85. The van der Waals surface area contributed by atoms with Gasteiger partial charge in [-0.2, -0.15) is 0 Å². The van der Waals surface area contributed by atoms with Crippen molar-refractivity contribution in [3.05, 3.63) is 15.8 Å². The summed E-state index contributed by atoms with van der Waals surface area (Å²) in [4.78, 5) is 1.14. The van der Waals surface area contributed by atoms with Crippen LogP contribution in [-0.2, 0) is 16.6 Å². The van der Waals surface area contributed by atoms with Crippen LogP contribution in [-0.4, -0.2) is 26.3 Å². The minimum atomic E-state index is -3.40. The van der Waals surface area contributed by atoms with E-state index in [0.717, 1.165) is 16.9 Å². The number of sulfonamides is 1. The van der Waals surface area contributed by atoms with E-state index >= 15 is 0 Å². The van der Waals surface area contributed by atoms with E-state index in [1.54, 1.807) is 7.05 Å². The first-order valence-corrected chi connectivity index (χ1v) is 8.36. The Labute approximate surface area is 114 Å². The van der Waals surface area contributed by atoms with Gasteiger partial charge in [-0.1, -0.05) is 13.8 Å². The van der Waals surface area contributed by atoms with E-state index in [9.17, 15) is 8.42 Å². The van der Waals surface area contributed by atoms with Crippen molar-refractivity contribution in [2.24, 2.45) is 11.7 Å². The van der Waals surface area contributed by atoms with Crippen LogP contribution in [0.4, 0.5) is 0 Å². The summed E-state index contributed by atoms with van der Waals surface area (Å²) in [5.41, 5.74) is 6.40. The predicted octanol–water partition coefficient (Wildman–Crippen LogP) is 2.18. The van der Waals surface area contributed by atoms with Gasteiger partial charge in [0, 0.05) is 25.0 Å². The summed E-state index contributed by atoms with van der Waals surface area (Å²) in [7, 11) is -1.77. The highest BCUT2D eigenvalue weighted by atomic mass is 32.2. The molecule has 2 N–H and O–H groups in total. The lowest BCUT2D eigenvalue weighted by Crippen LogP contribution is -2.29. The lowest BCUT2D eigenvalue weighted by molar-refractivity contribution is 0.427. The van der Waals surface area contributed by atoms with Crippen molar-refractivity contribution in [3.63, 3.8) is 0 Å². The summed E-state index contributed by atoms with van der Waals surface area (Å²) in [5.74, 6) is 0.486. The second-order valence-corrected chi connectivity index (χ2v) is 7.83. The van der Waals surface area contributed by atoms with Gasteiger partial charge in [0.15, 0.2) is 0 Å². The average molecular weight is 290 g/mol. The molecule has 0 spiro atoms. The number of rotatable bonds is 6. The van der Waals surface area contributed by atoms with Crippen LogP contribution in [0.1, 0.15) is 30.7 Å². The summed E-state index contributed by atoms with van der Waals surface area (Å²) in [6, 6.07) is 0. The summed E-state index contributed by atoms with van der Waals surface area (Å²) in [6.07, 6.45) is 0.858. The fourth-order valence-corrected chi connectivity index (χ4v) is 4.52. The lowest BCUT2D eigenvalue weighted by Gasteiger charge is -2.19. The van der Waals surface area contributed by atoms with E-state index in [4.69, 9.17) is 5.73 Å². The maximum atomic E-state index is 12.5. The molecule has 18 heavy (non-hydrogen) atoms. The van der Waals surface area contributed by atoms with Gasteiger partial charge in [0.1, 0.15) is 4.90 Å². The van der Waals surface area contributed by atoms with Crippen molar-refractivity contribution in [1.29, 1.82) is 0 Å². The molecule has 6 heteroatoms. The number of thiophene rings is 1. The normalized spacial score (nSPS) is 12.6. The third-order valence-electron chi connectivity index (χ3n) is 2.86. The van der Waals surface area contributed by atoms with Gasteiger partial charge in [-0.15, -0.1) is 11.3 Å². The average Bonchev–Trinajstić information content (AvgIpc) is 2.67. The van der Waals surface area contributed by atoms with Crippen molar-refractivity contribution in [2.75, 3.05) is 13.6 Å². The molecule has 0 unspecified atom stereocenters. The number of nitrogens with two attached hydrogens (primary N) is 1. The molecule has 0 saturated heterocycles. The third kappa shape index (κ3) is 3.32. The maximum absolute atomic E-state index is 12.5. The zero-order valence-electron chi connectivity index (χ0n) is 11.4. The minimum Gasteiger partial charge on any atom is -0.326 e. The van der Waals surface area contributed by atoms with Crippen molar-refractivity contribution in [3.8, 4) is 0 Å². The molecule has 0 aliphatic rings. The summed E-state index contributed by atoms with van der Waals surface area (Å²) < 4.78 is 26.4. The van der Waals surface area contributed by atoms with E-state index in [-0.39, 0.29) is 6.54 Å². The van der Waals surface area contributed by atoms with E-state index in [1.165, 1.54) is 15.6 Å². The number of hydrogen-bond donors (Lipinski definition) is 1. The summed E-state index contributed by atoms with van der Waals surface area (Å²) in [6.45, 7) is 6.80. The van der Waals surface area contributed by atoms with Crippen molar-refractivity contribution in [1.82, 2.24) is 4.31 Å². The van der Waals surface area contributed by atoms with E-state index in [0.29, 0.717) is 17.4 Å². The lowest BCUT2D eigenvalue weighted by atomic mass is 10.1. The molecule has 1 heterocycles. The Balaban J connectivity index is 3.02. The molecule has 1 aromatic rings. The molecule has 0 aliphatic heterocycles. The maximum Gasteiger partial charge on any atom is 0.244 e. The van der Waals surface area contributed by atoms with E-state index in [1.807, 2.05) is 12.3 Å². The molecule has 0 bridgehead atoms. The summed E-state index contributed by atoms with van der Waals surface area (Å²) >= 11 is 1.41. The highest BCUT2D eigenvalue weighted by Gasteiger charge is 2.26. The first-order chi connectivity index (χ1) is 8.30. The smallest absolute Gasteiger partial charge is 0.244 e. The molecule has 0 aliphatic carbocycles. The van der Waals surface area contributed by atoms with Crippen LogP contribution in [0.2, 0.25) is 0 Å². The molecule has 4 nitrogen and oxygen atoms in total. The molecule has 0 fully saturated rings. The predicted molar refractivity (Wildman–Crippen MR) is 76.2 cm³/mol. The SMILES string of the molecule is Cc1csc(CN)c1S(=O)(=O)N(C)CCC(C)C. The Kier molecular flexibility index (Phi) is 5.33. The van der Waals surface area contributed by atoms with E-state index < -0.39 is 10.0 Å². The fourth-order valence-electron chi connectivity index (χ4n) is 1.69. The van der Waals surface area contributed by atoms with E-state index in [2.05, 4.69) is 13.8 Å². The van der Waals surface area contributed by atoms with Gasteiger partial charge in [0.05, 0.1) is 0 Å². The monoisotopic (exact) mass is 290 g/mol. The quantitative estimate of drug-likeness (QED) is 0.873. The van der Waals surface area contributed by atoms with Crippen molar-refractivity contribution in [2.45, 2.75) is 38.6 Å². The number of hydrogen-bond acceptors (Lipinski definition) is 4. The van der Waals surface area contributed by atoms with Gasteiger partial charge in [-0.05, 0) is 30.2 Å². The zero-order valence-corrected chi connectivity index (χ0v) is 13.1. The largest absolute Gasteiger partial charge is 0.326 e. The molecule has 0 atom stereocenters. The highest BCUT2D eigenvalue weighted by Crippen LogP contribution is 2.28. The van der Waals surface area contributed by atoms with Crippen LogP contribution in [0.3, 0.4) is 0 Å². The van der Waals surface area contributed by atoms with Gasteiger partial charge in [-0.25, -0.2) is 12.7 Å². The van der Waals surface area contributed by atoms with Crippen LogP contribution >= 0.6 is 11.3 Å². The molecule has 0 saturated carbocycles. The number of aryl methyl sites for hydroxylation is 1. The second-order valence-electron chi connectivity index (χ2n) is 4.88. The second kappa shape index (κ2) is 6.14. The molecule has 1 rings (SSSR count). The number of nitrogens with zero attached hydrogens (tertiary/aromatic N) is 1. The van der Waals surface area contributed by atoms with Gasteiger partial charge < -0.3 is 5.73 Å². The van der Waals surface area contributed by atoms with Gasteiger partial charge in [-0.3, -0.25) is 0 Å². The third-order valence-corrected chi connectivity index (χ3v) is 6.21. The van der Waals surface area contributed by atoms with Crippen LogP contribution < -0.4 is 5.73 Å². The zero-order chi connectivity index (χ0) is 13.9. The Hall–Kier alpha value is -0.430. The first kappa shape index (κ1) is 15.6. The molecular formula is C12H22N2O2S2. The first-order valence-electron chi connectivity index (χ1n) is 6.04. The minimum absolute atomic E-state index is 0.269. The molecule has 0 aromatic carbocycles. The Morgan fingerprint density at radius 1 is 1.44 bits per heavy atom. The Morgan fingerprint density at radius 2 is 2.06 bits per heavy atom. The molecule has 0 radical (unpaired) electrons. The van der Waals surface area contributed by atoms with Gasteiger partial charge in [0.2, 0.25) is 10.0 Å². The van der Waals surface area contributed by atoms with Crippen molar-refractivity contribution >= 4 is 21.4 Å². The molecule has 104 valence electrons. The Morgan fingerprint density at radius 3 is 2.56 bits per heavy atom. The molecular weight excluding hydrogens is 268 g/mol. The standard InChI is InChI=1S/C12H22N2O2S2/c1-9(2)5-6-14(4)18(15,16)12-10(3)8-17-11(12)7-13/h8-9H,5-7,13H2,1-4H3. The highest BCUT2D eigenvalue weighted by molar-refractivity contribution is 7.89. The van der Waals surface area contributed by atoms with Crippen LogP contribution in [0.15, 0.2) is 10.3 Å². The Bertz CT molecular complexity index is 492. The molecule has 0 amide bonds. The van der Waals surface area contributed by atoms with Crippen molar-refractivity contribution < 1.29 is 8.42 Å². The van der Waals surface area contributed by atoms with Crippen LogP contribution in [0.5, 0.6) is 0 Å². The van der Waals surface area contributed by atoms with Gasteiger partial charge in [0.25, 0.3) is 0 Å². The van der Waals surface area contributed by atoms with Crippen LogP contribution in [0.25, 0.3) is 0 Å². The fraction of sp³-hybridized carbons (Fsp3) is 0.667. The van der Waals surface area contributed by atoms with Gasteiger partial charge >= 0.3 is 0 Å². The topological polar surface area (TPSA) is 63.4 Å². The van der Waals surface area contributed by atoms with Crippen LogP contribution in [0, 0.1) is 12.8 Å².